The van der Waals surface area contributed by atoms with Crippen molar-refractivity contribution < 1.29 is 0 Å². The van der Waals surface area contributed by atoms with Gasteiger partial charge in [0.2, 0.25) is 0 Å². The molecule has 1 atom stereocenters. The molecule has 1 aromatic carbocycles. The van der Waals surface area contributed by atoms with Crippen molar-refractivity contribution in [3.05, 3.63) is 27.8 Å². The molecule has 2 rings (SSSR count). The lowest BCUT2D eigenvalue weighted by atomic mass is 10.0. The fraction of sp³-hybridized carbons (Fsp3) is 0.500. The zero-order valence-electron chi connectivity index (χ0n) is 8.68. The SMILES string of the molecule is CC(Nc1cccc(I)c1)C1(C)CC1. The monoisotopic (exact) mass is 301 g/mol. The van der Waals surface area contributed by atoms with Crippen molar-refractivity contribution in [2.24, 2.45) is 5.41 Å². The summed E-state index contributed by atoms with van der Waals surface area (Å²) < 4.78 is 1.29. The quantitative estimate of drug-likeness (QED) is 0.835. The Kier molecular flexibility index (Phi) is 2.73. The summed E-state index contributed by atoms with van der Waals surface area (Å²) in [6.07, 6.45) is 2.73. The maximum absolute atomic E-state index is 3.58. The van der Waals surface area contributed by atoms with E-state index in [-0.39, 0.29) is 0 Å². The highest BCUT2D eigenvalue weighted by atomic mass is 127. The number of hydrogen-bond acceptors (Lipinski definition) is 1. The Morgan fingerprint density at radius 2 is 2.14 bits per heavy atom. The van der Waals surface area contributed by atoms with E-state index in [1.54, 1.807) is 0 Å². The maximum Gasteiger partial charge on any atom is 0.0353 e. The lowest BCUT2D eigenvalue weighted by molar-refractivity contribution is 0.493. The molecule has 1 unspecified atom stereocenters. The molecule has 0 radical (unpaired) electrons. The smallest absolute Gasteiger partial charge is 0.0353 e. The van der Waals surface area contributed by atoms with Gasteiger partial charge in [0.05, 0.1) is 0 Å². The van der Waals surface area contributed by atoms with Gasteiger partial charge in [-0.05, 0) is 66.0 Å². The van der Waals surface area contributed by atoms with Crippen molar-refractivity contribution in [3.8, 4) is 0 Å². The average molecular weight is 301 g/mol. The Morgan fingerprint density at radius 1 is 1.43 bits per heavy atom. The minimum absolute atomic E-state index is 0.543. The van der Waals surface area contributed by atoms with E-state index in [4.69, 9.17) is 0 Å². The number of halogens is 1. The van der Waals surface area contributed by atoms with Crippen molar-refractivity contribution in [3.63, 3.8) is 0 Å². The third-order valence-corrected chi connectivity index (χ3v) is 3.96. The topological polar surface area (TPSA) is 12.0 Å². The van der Waals surface area contributed by atoms with E-state index in [1.807, 2.05) is 0 Å². The fourth-order valence-electron chi connectivity index (χ4n) is 1.63. The van der Waals surface area contributed by atoms with Gasteiger partial charge >= 0.3 is 0 Å². The van der Waals surface area contributed by atoms with Gasteiger partial charge in [0.15, 0.2) is 0 Å². The Morgan fingerprint density at radius 3 is 2.71 bits per heavy atom. The zero-order chi connectivity index (χ0) is 10.2. The van der Waals surface area contributed by atoms with Crippen molar-refractivity contribution in [1.29, 1.82) is 0 Å². The Bertz CT molecular complexity index is 331. The van der Waals surface area contributed by atoms with Gasteiger partial charge in [-0.15, -0.1) is 0 Å². The highest BCUT2D eigenvalue weighted by Gasteiger charge is 2.42. The van der Waals surface area contributed by atoms with Crippen molar-refractivity contribution in [2.45, 2.75) is 32.7 Å². The van der Waals surface area contributed by atoms with E-state index >= 15 is 0 Å². The van der Waals surface area contributed by atoms with Crippen LogP contribution in [-0.4, -0.2) is 6.04 Å². The number of benzene rings is 1. The van der Waals surface area contributed by atoms with Crippen molar-refractivity contribution >= 4 is 28.3 Å². The molecule has 1 aliphatic rings. The van der Waals surface area contributed by atoms with Crippen LogP contribution in [0.3, 0.4) is 0 Å². The molecule has 0 saturated heterocycles. The lowest BCUT2D eigenvalue weighted by Crippen LogP contribution is -2.24. The first-order chi connectivity index (χ1) is 6.60. The van der Waals surface area contributed by atoms with Crippen LogP contribution in [0.4, 0.5) is 5.69 Å². The van der Waals surface area contributed by atoms with Crippen LogP contribution >= 0.6 is 22.6 Å². The van der Waals surface area contributed by atoms with Gasteiger partial charge in [-0.25, -0.2) is 0 Å². The standard InChI is InChI=1S/C12H16IN/c1-9(12(2)6-7-12)14-11-5-3-4-10(13)8-11/h3-5,8-9,14H,6-7H2,1-2H3. The molecule has 1 saturated carbocycles. The highest BCUT2D eigenvalue weighted by molar-refractivity contribution is 14.1. The predicted molar refractivity (Wildman–Crippen MR) is 69.6 cm³/mol. The minimum atomic E-state index is 0.543. The Hall–Kier alpha value is -0.250. The van der Waals surface area contributed by atoms with Gasteiger partial charge < -0.3 is 5.32 Å². The third kappa shape index (κ3) is 2.22. The number of anilines is 1. The second-order valence-electron chi connectivity index (χ2n) is 4.53. The molecule has 0 spiro atoms. The van der Waals surface area contributed by atoms with Crippen molar-refractivity contribution in [2.75, 3.05) is 5.32 Å². The molecule has 0 heterocycles. The van der Waals surface area contributed by atoms with Gasteiger partial charge in [-0.3, -0.25) is 0 Å². The van der Waals surface area contributed by atoms with E-state index in [2.05, 4.69) is 66.0 Å². The summed E-state index contributed by atoms with van der Waals surface area (Å²) in [6, 6.07) is 9.15. The van der Waals surface area contributed by atoms with E-state index < -0.39 is 0 Å². The molecule has 0 aliphatic heterocycles. The first kappa shape index (κ1) is 10.3. The third-order valence-electron chi connectivity index (χ3n) is 3.29. The summed E-state index contributed by atoms with van der Waals surface area (Å²) in [6.45, 7) is 4.64. The molecule has 76 valence electrons. The molecule has 0 aromatic heterocycles. The molecular formula is C12H16IN. The molecule has 14 heavy (non-hydrogen) atoms. The summed E-state index contributed by atoms with van der Waals surface area (Å²) in [5.74, 6) is 0. The first-order valence-corrected chi connectivity index (χ1v) is 6.20. The molecule has 1 nitrogen and oxygen atoms in total. The zero-order valence-corrected chi connectivity index (χ0v) is 10.8. The van der Waals surface area contributed by atoms with E-state index in [0.29, 0.717) is 11.5 Å². The van der Waals surface area contributed by atoms with Crippen LogP contribution in [0.1, 0.15) is 26.7 Å². The predicted octanol–water partition coefficient (Wildman–Crippen LogP) is 3.89. The second-order valence-corrected chi connectivity index (χ2v) is 5.78. The normalized spacial score (nSPS) is 20.2. The van der Waals surface area contributed by atoms with Crippen LogP contribution in [0.25, 0.3) is 0 Å². The first-order valence-electron chi connectivity index (χ1n) is 5.12. The van der Waals surface area contributed by atoms with Crippen LogP contribution in [0.5, 0.6) is 0 Å². The molecule has 1 fully saturated rings. The van der Waals surface area contributed by atoms with Crippen LogP contribution < -0.4 is 5.32 Å². The lowest BCUT2D eigenvalue weighted by Gasteiger charge is -2.21. The van der Waals surface area contributed by atoms with Crippen LogP contribution in [0, 0.1) is 8.99 Å². The Balaban J connectivity index is 2.03. The molecule has 2 heteroatoms. The fourth-order valence-corrected chi connectivity index (χ4v) is 2.18. The van der Waals surface area contributed by atoms with Gasteiger partial charge in [0.25, 0.3) is 0 Å². The van der Waals surface area contributed by atoms with E-state index in [0.717, 1.165) is 0 Å². The summed E-state index contributed by atoms with van der Waals surface area (Å²) >= 11 is 2.35. The van der Waals surface area contributed by atoms with Crippen LogP contribution in [0.2, 0.25) is 0 Å². The van der Waals surface area contributed by atoms with Crippen molar-refractivity contribution in [1.82, 2.24) is 0 Å². The summed E-state index contributed by atoms with van der Waals surface area (Å²) in [4.78, 5) is 0. The average Bonchev–Trinajstić information content (AvgIpc) is 2.85. The largest absolute Gasteiger partial charge is 0.382 e. The van der Waals surface area contributed by atoms with E-state index in [9.17, 15) is 0 Å². The number of nitrogens with one attached hydrogen (secondary N) is 1. The minimum Gasteiger partial charge on any atom is -0.382 e. The number of hydrogen-bond donors (Lipinski definition) is 1. The number of rotatable bonds is 3. The van der Waals surface area contributed by atoms with Gasteiger partial charge in [-0.2, -0.15) is 0 Å². The highest BCUT2D eigenvalue weighted by Crippen LogP contribution is 2.48. The molecule has 1 N–H and O–H groups in total. The molecular weight excluding hydrogens is 285 g/mol. The molecule has 1 aliphatic carbocycles. The summed E-state index contributed by atoms with van der Waals surface area (Å²) in [5, 5.41) is 3.58. The van der Waals surface area contributed by atoms with Gasteiger partial charge in [-0.1, -0.05) is 13.0 Å². The van der Waals surface area contributed by atoms with Crippen LogP contribution in [-0.2, 0) is 0 Å². The van der Waals surface area contributed by atoms with Gasteiger partial charge in [0.1, 0.15) is 0 Å². The summed E-state index contributed by atoms with van der Waals surface area (Å²) in [5.41, 5.74) is 1.79. The summed E-state index contributed by atoms with van der Waals surface area (Å²) in [7, 11) is 0. The maximum atomic E-state index is 3.58. The van der Waals surface area contributed by atoms with E-state index in [1.165, 1.54) is 22.1 Å². The molecule has 1 aromatic rings. The Labute approximate surface area is 99.4 Å². The van der Waals surface area contributed by atoms with Gasteiger partial charge in [0, 0.05) is 15.3 Å². The molecule has 0 bridgehead atoms. The van der Waals surface area contributed by atoms with Crippen LogP contribution in [0.15, 0.2) is 24.3 Å². The second kappa shape index (κ2) is 3.72. The molecule has 0 amide bonds.